The summed E-state index contributed by atoms with van der Waals surface area (Å²) in [5.41, 5.74) is 0. The van der Waals surface area contributed by atoms with E-state index in [1.54, 1.807) is 6.08 Å². The van der Waals surface area contributed by atoms with E-state index in [0.29, 0.717) is 25.2 Å². The molecule has 4 atom stereocenters. The molecule has 0 aliphatic heterocycles. The van der Waals surface area contributed by atoms with Crippen molar-refractivity contribution < 1.29 is 24.9 Å². The fraction of sp³-hybridized carbons (Fsp3) is 0.810. The lowest BCUT2D eigenvalue weighted by atomic mass is 9.87. The molecule has 0 heterocycles. The number of carboxylic acid groups (broad SMARTS) is 1. The Kier molecular flexibility index (Phi) is 8.79. The summed E-state index contributed by atoms with van der Waals surface area (Å²) in [6.45, 7) is 0. The van der Waals surface area contributed by atoms with Gasteiger partial charge in [-0.2, -0.15) is 0 Å². The van der Waals surface area contributed by atoms with E-state index in [4.69, 9.17) is 5.11 Å². The van der Waals surface area contributed by atoms with E-state index in [0.717, 1.165) is 38.5 Å². The van der Waals surface area contributed by atoms with E-state index in [1.165, 1.54) is 12.8 Å². The maximum atomic E-state index is 12.2. The lowest BCUT2D eigenvalue weighted by Gasteiger charge is -2.20. The highest BCUT2D eigenvalue weighted by Crippen LogP contribution is 2.37. The molecule has 0 aromatic carbocycles. The maximum Gasteiger partial charge on any atom is 0.303 e. The number of rotatable bonds is 11. The largest absolute Gasteiger partial charge is 0.481 e. The van der Waals surface area contributed by atoms with Crippen LogP contribution in [0.15, 0.2) is 12.2 Å². The van der Waals surface area contributed by atoms with Crippen LogP contribution in [0.4, 0.5) is 0 Å². The number of ketones is 1. The molecule has 3 N–H and O–H groups in total. The van der Waals surface area contributed by atoms with Crippen LogP contribution in [-0.4, -0.2) is 39.3 Å². The number of carbonyl (C=O) groups is 2. The van der Waals surface area contributed by atoms with Crippen molar-refractivity contribution in [3.05, 3.63) is 12.2 Å². The summed E-state index contributed by atoms with van der Waals surface area (Å²) < 4.78 is 0. The average Bonchev–Trinajstić information content (AvgIpc) is 3.17. The summed E-state index contributed by atoms with van der Waals surface area (Å²) in [4.78, 5) is 22.7. The number of hydrogen-bond donors (Lipinski definition) is 3. The number of carbonyl (C=O) groups excluding carboxylic acids is 1. The molecule has 2 saturated carbocycles. The topological polar surface area (TPSA) is 94.8 Å². The second-order valence-corrected chi connectivity index (χ2v) is 8.14. The van der Waals surface area contributed by atoms with Crippen LogP contribution in [0.5, 0.6) is 0 Å². The van der Waals surface area contributed by atoms with Gasteiger partial charge in [0.25, 0.3) is 0 Å². The smallest absolute Gasteiger partial charge is 0.303 e. The van der Waals surface area contributed by atoms with Gasteiger partial charge in [-0.05, 0) is 30.8 Å². The van der Waals surface area contributed by atoms with Crippen molar-refractivity contribution in [3.63, 3.8) is 0 Å². The number of aliphatic hydroxyl groups is 2. The van der Waals surface area contributed by atoms with Crippen LogP contribution in [0.2, 0.25) is 0 Å². The Bertz CT molecular complexity index is 481. The van der Waals surface area contributed by atoms with Crippen LogP contribution in [-0.2, 0) is 9.59 Å². The van der Waals surface area contributed by atoms with Gasteiger partial charge in [0.1, 0.15) is 0 Å². The van der Waals surface area contributed by atoms with Gasteiger partial charge in [0, 0.05) is 25.2 Å². The molecule has 0 amide bonds. The predicted molar refractivity (Wildman–Crippen MR) is 99.7 cm³/mol. The standard InChI is InChI=1S/C21H34O5/c22-16(13-15-7-5-6-8-15)11-12-18-17(19(23)14-20(18)24)9-3-1-2-4-10-21(25)26/h11-12,15,17-20,23-24H,1-10,13-14H2,(H,25,26)/t17-,18-,19+,20-/m1/s1. The van der Waals surface area contributed by atoms with Crippen molar-refractivity contribution in [1.29, 1.82) is 0 Å². The number of unbranched alkanes of at least 4 members (excludes halogenated alkanes) is 3. The van der Waals surface area contributed by atoms with Crippen LogP contribution in [0.1, 0.15) is 77.0 Å². The molecule has 2 aliphatic rings. The summed E-state index contributed by atoms with van der Waals surface area (Å²) in [5, 5.41) is 29.1. The van der Waals surface area contributed by atoms with Crippen molar-refractivity contribution in [3.8, 4) is 0 Å². The van der Waals surface area contributed by atoms with Crippen LogP contribution >= 0.6 is 0 Å². The zero-order valence-corrected chi connectivity index (χ0v) is 15.7. The fourth-order valence-corrected chi connectivity index (χ4v) is 4.57. The van der Waals surface area contributed by atoms with Crippen molar-refractivity contribution in [2.75, 3.05) is 0 Å². The molecular formula is C21H34O5. The molecule has 0 spiro atoms. The molecule has 0 aromatic rings. The van der Waals surface area contributed by atoms with E-state index in [9.17, 15) is 19.8 Å². The van der Waals surface area contributed by atoms with Crippen LogP contribution in [0.3, 0.4) is 0 Å². The third-order valence-electron chi connectivity index (χ3n) is 6.06. The Morgan fingerprint density at radius 2 is 1.65 bits per heavy atom. The van der Waals surface area contributed by atoms with E-state index in [1.807, 2.05) is 6.08 Å². The van der Waals surface area contributed by atoms with Crippen LogP contribution in [0.25, 0.3) is 0 Å². The van der Waals surface area contributed by atoms with Crippen LogP contribution < -0.4 is 0 Å². The third-order valence-corrected chi connectivity index (χ3v) is 6.06. The number of allylic oxidation sites excluding steroid dienone is 1. The first kappa shape index (κ1) is 21.1. The van der Waals surface area contributed by atoms with Gasteiger partial charge in [0.05, 0.1) is 12.2 Å². The molecule has 26 heavy (non-hydrogen) atoms. The number of carboxylic acids is 1. The minimum absolute atomic E-state index is 0.0139. The van der Waals surface area contributed by atoms with Crippen LogP contribution in [0, 0.1) is 17.8 Å². The molecule has 0 radical (unpaired) electrons. The molecule has 0 aromatic heterocycles. The lowest BCUT2D eigenvalue weighted by molar-refractivity contribution is -0.137. The first-order valence-corrected chi connectivity index (χ1v) is 10.3. The number of hydrogen-bond acceptors (Lipinski definition) is 4. The highest BCUT2D eigenvalue weighted by molar-refractivity contribution is 5.89. The lowest BCUT2D eigenvalue weighted by Crippen LogP contribution is -2.20. The molecule has 2 aliphatic carbocycles. The summed E-state index contributed by atoms with van der Waals surface area (Å²) >= 11 is 0. The van der Waals surface area contributed by atoms with Gasteiger partial charge in [-0.25, -0.2) is 0 Å². The number of aliphatic hydroxyl groups excluding tert-OH is 2. The highest BCUT2D eigenvalue weighted by Gasteiger charge is 2.39. The second-order valence-electron chi connectivity index (χ2n) is 8.14. The molecule has 2 fully saturated rings. The van der Waals surface area contributed by atoms with Crippen molar-refractivity contribution in [2.45, 2.75) is 89.3 Å². The van der Waals surface area contributed by atoms with Gasteiger partial charge >= 0.3 is 5.97 Å². The van der Waals surface area contributed by atoms with E-state index in [2.05, 4.69) is 0 Å². The van der Waals surface area contributed by atoms with Gasteiger partial charge in [0.2, 0.25) is 0 Å². The zero-order valence-electron chi connectivity index (χ0n) is 15.7. The highest BCUT2D eigenvalue weighted by atomic mass is 16.4. The van der Waals surface area contributed by atoms with Gasteiger partial charge < -0.3 is 15.3 Å². The Morgan fingerprint density at radius 3 is 2.35 bits per heavy atom. The minimum atomic E-state index is -0.758. The van der Waals surface area contributed by atoms with Gasteiger partial charge in [0.15, 0.2) is 5.78 Å². The summed E-state index contributed by atoms with van der Waals surface area (Å²) in [7, 11) is 0. The first-order valence-electron chi connectivity index (χ1n) is 10.3. The molecule has 5 heteroatoms. The van der Waals surface area contributed by atoms with Gasteiger partial charge in [-0.15, -0.1) is 0 Å². The Labute approximate surface area is 156 Å². The Balaban J connectivity index is 1.75. The van der Waals surface area contributed by atoms with E-state index >= 15 is 0 Å². The van der Waals surface area contributed by atoms with Gasteiger partial charge in [-0.1, -0.05) is 51.0 Å². The quantitative estimate of drug-likeness (QED) is 0.384. The molecule has 0 saturated heterocycles. The van der Waals surface area contributed by atoms with Crippen molar-refractivity contribution >= 4 is 11.8 Å². The SMILES string of the molecule is O=C(O)CCCCCC[C@@H]1[C@@H](C=CC(=O)CC2CCCC2)[C@H](O)C[C@@H]1O. The fourth-order valence-electron chi connectivity index (χ4n) is 4.57. The normalized spacial score (nSPS) is 29.6. The molecular weight excluding hydrogens is 332 g/mol. The van der Waals surface area contributed by atoms with E-state index in [-0.39, 0.29) is 24.0 Å². The summed E-state index contributed by atoms with van der Waals surface area (Å²) in [6, 6.07) is 0. The summed E-state index contributed by atoms with van der Waals surface area (Å²) in [5.74, 6) is -0.269. The average molecular weight is 366 g/mol. The predicted octanol–water partition coefficient (Wildman–Crippen LogP) is 3.48. The molecule has 148 valence electrons. The molecule has 2 rings (SSSR count). The van der Waals surface area contributed by atoms with Gasteiger partial charge in [-0.3, -0.25) is 9.59 Å². The Hall–Kier alpha value is -1.20. The Morgan fingerprint density at radius 1 is 0.962 bits per heavy atom. The first-order chi connectivity index (χ1) is 12.5. The number of aliphatic carboxylic acids is 1. The van der Waals surface area contributed by atoms with Crippen molar-refractivity contribution in [2.24, 2.45) is 17.8 Å². The molecule has 0 unspecified atom stereocenters. The molecule has 0 bridgehead atoms. The third kappa shape index (κ3) is 6.84. The summed E-state index contributed by atoms with van der Waals surface area (Å²) in [6.07, 6.45) is 12.5. The monoisotopic (exact) mass is 366 g/mol. The minimum Gasteiger partial charge on any atom is -0.481 e. The zero-order chi connectivity index (χ0) is 18.9. The van der Waals surface area contributed by atoms with Crippen molar-refractivity contribution in [1.82, 2.24) is 0 Å². The maximum absolute atomic E-state index is 12.2. The second kappa shape index (κ2) is 10.8. The van der Waals surface area contributed by atoms with E-state index < -0.39 is 18.2 Å². The molecule has 5 nitrogen and oxygen atoms in total.